The van der Waals surface area contributed by atoms with Crippen molar-refractivity contribution in [3.05, 3.63) is 86.8 Å². The predicted octanol–water partition coefficient (Wildman–Crippen LogP) is 2.49. The molecule has 4 aromatic rings. The number of rotatable bonds is 5. The van der Waals surface area contributed by atoms with Crippen molar-refractivity contribution >= 4 is 17.1 Å². The van der Waals surface area contributed by atoms with E-state index in [1.165, 1.54) is 16.7 Å². The second-order valence-corrected chi connectivity index (χ2v) is 8.92. The van der Waals surface area contributed by atoms with E-state index in [2.05, 4.69) is 16.7 Å². The number of hydrogen-bond acceptors (Lipinski definition) is 5. The molecule has 0 aliphatic carbocycles. The highest BCUT2D eigenvalue weighted by Gasteiger charge is 2.27. The molecule has 2 aromatic carbocycles. The fraction of sp³-hybridized carbons (Fsp3) is 0.296. The van der Waals surface area contributed by atoms with Crippen LogP contribution in [-0.2, 0) is 13.1 Å². The minimum absolute atomic E-state index is 0.00905. The molecule has 0 bridgehead atoms. The number of aromatic nitrogens is 4. The summed E-state index contributed by atoms with van der Waals surface area (Å²) in [5.74, 6) is 6.06. The average Bonchev–Trinajstić information content (AvgIpc) is 3.25. The van der Waals surface area contributed by atoms with Crippen molar-refractivity contribution in [3.8, 4) is 17.5 Å². The lowest BCUT2D eigenvalue weighted by Crippen LogP contribution is -2.44. The van der Waals surface area contributed by atoms with E-state index in [0.717, 1.165) is 24.0 Å². The number of nitrogens with zero attached hydrogens (tertiary/aromatic N) is 5. The van der Waals surface area contributed by atoms with E-state index in [1.807, 2.05) is 18.2 Å². The number of nitrogens with two attached hydrogens (primary N) is 1. The third-order valence-corrected chi connectivity index (χ3v) is 6.41. The van der Waals surface area contributed by atoms with Crippen LogP contribution in [0.5, 0.6) is 0 Å². The van der Waals surface area contributed by atoms with Gasteiger partial charge in [0.1, 0.15) is 5.82 Å². The zero-order valence-corrected chi connectivity index (χ0v) is 20.0. The quantitative estimate of drug-likeness (QED) is 0.438. The standard InChI is InChI=1S/C27H27FN6O2/c1-2-3-15-32-23-24(30-26(32)31-14-8-11-21(29)18-31)34(22-12-5-4-6-13-22)27(36)33(25(23)35)17-19-9-7-10-20(28)16-19/h4-7,9-10,12-13,16,21H,8,11,14-15,17-18,29H2,1H3. The molecule has 1 aliphatic rings. The summed E-state index contributed by atoms with van der Waals surface area (Å²) >= 11 is 0. The number of benzene rings is 2. The van der Waals surface area contributed by atoms with Crippen molar-refractivity contribution in [3.63, 3.8) is 0 Å². The van der Waals surface area contributed by atoms with E-state index in [1.54, 1.807) is 35.8 Å². The highest BCUT2D eigenvalue weighted by Crippen LogP contribution is 2.24. The minimum Gasteiger partial charge on any atom is -0.341 e. The van der Waals surface area contributed by atoms with E-state index >= 15 is 0 Å². The van der Waals surface area contributed by atoms with Gasteiger partial charge >= 0.3 is 5.69 Å². The molecule has 9 heteroatoms. The average molecular weight is 487 g/mol. The molecule has 2 N–H and O–H groups in total. The second-order valence-electron chi connectivity index (χ2n) is 8.92. The molecule has 8 nitrogen and oxygen atoms in total. The zero-order chi connectivity index (χ0) is 25.2. The maximum Gasteiger partial charge on any atom is 0.337 e. The van der Waals surface area contributed by atoms with E-state index in [9.17, 15) is 14.0 Å². The predicted molar refractivity (Wildman–Crippen MR) is 138 cm³/mol. The van der Waals surface area contributed by atoms with Crippen LogP contribution < -0.4 is 21.9 Å². The third-order valence-electron chi connectivity index (χ3n) is 6.41. The Morgan fingerprint density at radius 2 is 1.92 bits per heavy atom. The van der Waals surface area contributed by atoms with Gasteiger partial charge in [-0.1, -0.05) is 36.3 Å². The molecule has 1 aliphatic heterocycles. The van der Waals surface area contributed by atoms with Gasteiger partial charge in [-0.3, -0.25) is 13.9 Å². The Kier molecular flexibility index (Phi) is 6.44. The Balaban J connectivity index is 1.82. The van der Waals surface area contributed by atoms with Gasteiger partial charge in [0.05, 0.1) is 18.8 Å². The molecule has 1 fully saturated rings. The fourth-order valence-electron chi connectivity index (χ4n) is 4.73. The Morgan fingerprint density at radius 3 is 2.64 bits per heavy atom. The first-order valence-electron chi connectivity index (χ1n) is 11.9. The molecule has 3 heterocycles. The largest absolute Gasteiger partial charge is 0.341 e. The van der Waals surface area contributed by atoms with Gasteiger partial charge < -0.3 is 10.6 Å². The Labute approximate surface area is 207 Å². The van der Waals surface area contributed by atoms with E-state index < -0.39 is 17.1 Å². The van der Waals surface area contributed by atoms with Crippen LogP contribution >= 0.6 is 0 Å². The summed E-state index contributed by atoms with van der Waals surface area (Å²) in [4.78, 5) is 34.5. The minimum atomic E-state index is -0.545. The molecular weight excluding hydrogens is 459 g/mol. The van der Waals surface area contributed by atoms with Crippen LogP contribution in [0.2, 0.25) is 0 Å². The van der Waals surface area contributed by atoms with Crippen LogP contribution in [0.4, 0.5) is 10.3 Å². The molecule has 0 spiro atoms. The van der Waals surface area contributed by atoms with E-state index in [4.69, 9.17) is 10.7 Å². The van der Waals surface area contributed by atoms with Gasteiger partial charge in [0.25, 0.3) is 5.56 Å². The van der Waals surface area contributed by atoms with Crippen molar-refractivity contribution < 1.29 is 4.39 Å². The lowest BCUT2D eigenvalue weighted by atomic mass is 10.1. The summed E-state index contributed by atoms with van der Waals surface area (Å²) in [6.07, 6.45) is 1.82. The summed E-state index contributed by atoms with van der Waals surface area (Å²) in [7, 11) is 0. The van der Waals surface area contributed by atoms with Crippen LogP contribution in [0.15, 0.2) is 64.2 Å². The van der Waals surface area contributed by atoms with Crippen LogP contribution in [0.3, 0.4) is 0 Å². The van der Waals surface area contributed by atoms with Crippen LogP contribution in [0, 0.1) is 17.7 Å². The molecule has 1 unspecified atom stereocenters. The number of hydrogen-bond donors (Lipinski definition) is 1. The number of fused-ring (bicyclic) bond motifs is 1. The molecule has 36 heavy (non-hydrogen) atoms. The van der Waals surface area contributed by atoms with Crippen molar-refractivity contribution in [2.24, 2.45) is 5.73 Å². The second kappa shape index (κ2) is 9.84. The number of para-hydroxylation sites is 1. The van der Waals surface area contributed by atoms with E-state index in [-0.39, 0.29) is 30.3 Å². The normalized spacial score (nSPS) is 15.6. The van der Waals surface area contributed by atoms with Gasteiger partial charge in [0.2, 0.25) is 5.95 Å². The van der Waals surface area contributed by atoms with Crippen LogP contribution in [0.1, 0.15) is 25.3 Å². The first kappa shape index (κ1) is 23.6. The Hall–Kier alpha value is -4.16. The highest BCUT2D eigenvalue weighted by molar-refractivity contribution is 5.76. The Morgan fingerprint density at radius 1 is 1.11 bits per heavy atom. The van der Waals surface area contributed by atoms with Gasteiger partial charge in [-0.2, -0.15) is 4.98 Å². The molecule has 1 saturated heterocycles. The maximum absolute atomic E-state index is 13.9. The van der Waals surface area contributed by atoms with Crippen molar-refractivity contribution in [1.82, 2.24) is 18.7 Å². The monoisotopic (exact) mass is 486 g/mol. The SMILES string of the molecule is CC#CCn1c(N2CCCC(N)C2)nc2c1c(=O)n(Cc1cccc(F)c1)c(=O)n2-c1ccccc1. The molecule has 2 aromatic heterocycles. The van der Waals surface area contributed by atoms with Crippen molar-refractivity contribution in [1.29, 1.82) is 0 Å². The summed E-state index contributed by atoms with van der Waals surface area (Å²) in [6, 6.07) is 15.0. The van der Waals surface area contributed by atoms with Gasteiger partial charge in [-0.25, -0.2) is 13.8 Å². The summed E-state index contributed by atoms with van der Waals surface area (Å²) < 4.78 is 18.2. The summed E-state index contributed by atoms with van der Waals surface area (Å²) in [5.41, 5.74) is 6.82. The van der Waals surface area contributed by atoms with Gasteiger partial charge in [-0.05, 0) is 49.6 Å². The first-order valence-corrected chi connectivity index (χ1v) is 11.9. The lowest BCUT2D eigenvalue weighted by molar-refractivity contribution is 0.496. The van der Waals surface area contributed by atoms with Crippen LogP contribution in [0.25, 0.3) is 16.9 Å². The molecule has 1 atom stereocenters. The number of anilines is 1. The third kappa shape index (κ3) is 4.32. The lowest BCUT2D eigenvalue weighted by Gasteiger charge is -2.31. The van der Waals surface area contributed by atoms with E-state index in [0.29, 0.717) is 23.7 Å². The highest BCUT2D eigenvalue weighted by atomic mass is 19.1. The van der Waals surface area contributed by atoms with Crippen molar-refractivity contribution in [2.45, 2.75) is 38.9 Å². The van der Waals surface area contributed by atoms with Gasteiger partial charge in [0.15, 0.2) is 11.2 Å². The molecule has 5 rings (SSSR count). The Bertz CT molecular complexity index is 1590. The van der Waals surface area contributed by atoms with Gasteiger partial charge in [0, 0.05) is 19.1 Å². The first-order chi connectivity index (χ1) is 17.5. The molecule has 0 amide bonds. The number of halogens is 1. The smallest absolute Gasteiger partial charge is 0.337 e. The molecule has 184 valence electrons. The van der Waals surface area contributed by atoms with Crippen LogP contribution in [-0.4, -0.2) is 37.8 Å². The number of imidazole rings is 1. The summed E-state index contributed by atoms with van der Waals surface area (Å²) in [6.45, 7) is 3.22. The number of piperidine rings is 1. The molecule has 0 saturated carbocycles. The van der Waals surface area contributed by atoms with Crippen molar-refractivity contribution in [2.75, 3.05) is 18.0 Å². The maximum atomic E-state index is 13.9. The molecular formula is C27H27FN6O2. The zero-order valence-electron chi connectivity index (χ0n) is 20.0. The fourth-order valence-corrected chi connectivity index (χ4v) is 4.73. The summed E-state index contributed by atoms with van der Waals surface area (Å²) in [5, 5.41) is 0. The van der Waals surface area contributed by atoms with Gasteiger partial charge in [-0.15, -0.1) is 5.92 Å². The topological polar surface area (TPSA) is 91.1 Å². The molecule has 0 radical (unpaired) electrons.